The molecule has 0 atom stereocenters. The average Bonchev–Trinajstić information content (AvgIpc) is 2.48. The second kappa shape index (κ2) is 3.08. The predicted octanol–water partition coefficient (Wildman–Crippen LogP) is 1.62. The molecule has 78 valence electrons. The number of hydrogen-bond donors (Lipinski definition) is 0. The highest BCUT2D eigenvalue weighted by Gasteiger charge is 2.34. The van der Waals surface area contributed by atoms with E-state index in [2.05, 4.69) is 4.74 Å². The summed E-state index contributed by atoms with van der Waals surface area (Å²) in [5, 5.41) is 0. The summed E-state index contributed by atoms with van der Waals surface area (Å²) >= 11 is 0. The molecule has 0 aromatic heterocycles. The topological polar surface area (TPSA) is 52.6 Å². The monoisotopic (exact) mass is 206 g/mol. The van der Waals surface area contributed by atoms with Crippen molar-refractivity contribution in [2.75, 3.05) is 7.11 Å². The Morgan fingerprint density at radius 1 is 1.13 bits per heavy atom. The molecule has 1 aromatic rings. The quantitative estimate of drug-likeness (QED) is 0.517. The molecule has 1 aromatic carbocycles. The van der Waals surface area contributed by atoms with Gasteiger partial charge in [-0.1, -0.05) is 0 Å². The second-order valence-electron chi connectivity index (χ2n) is 3.45. The maximum Gasteiger partial charge on any atom is 0.347 e. The Bertz CT molecular complexity index is 474. The lowest BCUT2D eigenvalue weighted by Crippen LogP contribution is -2.01. The predicted molar refractivity (Wildman–Crippen MR) is 52.2 cm³/mol. The van der Waals surface area contributed by atoms with Crippen LogP contribution in [0.2, 0.25) is 0 Å². The van der Waals surface area contributed by atoms with Crippen LogP contribution >= 0.6 is 0 Å². The summed E-state index contributed by atoms with van der Waals surface area (Å²) in [6.07, 6.45) is 0. The normalized spacial score (nSPS) is 13.8. The highest BCUT2D eigenvalue weighted by molar-refractivity contribution is 6.16. The van der Waals surface area contributed by atoms with E-state index in [0.29, 0.717) is 28.0 Å². The molecule has 4 nitrogen and oxygen atoms in total. The largest absolute Gasteiger partial charge is 0.496 e. The van der Waals surface area contributed by atoms with Gasteiger partial charge in [0.05, 0.1) is 18.2 Å². The number of esters is 2. The van der Waals surface area contributed by atoms with Crippen LogP contribution in [0.5, 0.6) is 5.75 Å². The van der Waals surface area contributed by atoms with Gasteiger partial charge in [-0.3, -0.25) is 0 Å². The van der Waals surface area contributed by atoms with Gasteiger partial charge in [0.1, 0.15) is 5.75 Å². The molecular formula is C11H10O4. The molecule has 0 aliphatic carbocycles. The average molecular weight is 206 g/mol. The number of methoxy groups -OCH3 is 1. The lowest BCUT2D eigenvalue weighted by atomic mass is 9.98. The molecule has 0 bridgehead atoms. The fraction of sp³-hybridized carbons (Fsp3) is 0.273. The molecule has 0 amide bonds. The van der Waals surface area contributed by atoms with Crippen molar-refractivity contribution >= 4 is 11.9 Å². The van der Waals surface area contributed by atoms with Gasteiger partial charge in [-0.15, -0.1) is 0 Å². The van der Waals surface area contributed by atoms with E-state index in [1.165, 1.54) is 7.11 Å². The van der Waals surface area contributed by atoms with E-state index in [1.807, 2.05) is 0 Å². The van der Waals surface area contributed by atoms with Crippen molar-refractivity contribution < 1.29 is 19.1 Å². The minimum atomic E-state index is -0.588. The number of carbonyl (C=O) groups excluding carboxylic acids is 2. The molecule has 15 heavy (non-hydrogen) atoms. The molecule has 0 unspecified atom stereocenters. The molecule has 1 aliphatic rings. The smallest absolute Gasteiger partial charge is 0.347 e. The Morgan fingerprint density at radius 3 is 2.33 bits per heavy atom. The summed E-state index contributed by atoms with van der Waals surface area (Å²) in [5.74, 6) is -0.564. The molecule has 0 saturated carbocycles. The van der Waals surface area contributed by atoms with Crippen molar-refractivity contribution in [3.8, 4) is 5.75 Å². The van der Waals surface area contributed by atoms with Crippen LogP contribution in [0.15, 0.2) is 6.07 Å². The van der Waals surface area contributed by atoms with Crippen LogP contribution < -0.4 is 4.74 Å². The van der Waals surface area contributed by atoms with E-state index in [4.69, 9.17) is 4.74 Å². The lowest BCUT2D eigenvalue weighted by Gasteiger charge is -2.08. The number of aryl methyl sites for hydroxylation is 1. The van der Waals surface area contributed by atoms with Crippen molar-refractivity contribution in [1.82, 2.24) is 0 Å². The van der Waals surface area contributed by atoms with Crippen LogP contribution in [-0.2, 0) is 4.74 Å². The third kappa shape index (κ3) is 1.21. The third-order valence-electron chi connectivity index (χ3n) is 2.55. The fourth-order valence-electron chi connectivity index (χ4n) is 1.80. The second-order valence-corrected chi connectivity index (χ2v) is 3.45. The van der Waals surface area contributed by atoms with E-state index in [-0.39, 0.29) is 0 Å². The zero-order valence-electron chi connectivity index (χ0n) is 8.71. The first kappa shape index (κ1) is 9.71. The summed E-state index contributed by atoms with van der Waals surface area (Å²) in [6.45, 7) is 3.48. The molecule has 0 saturated heterocycles. The third-order valence-corrected chi connectivity index (χ3v) is 2.55. The number of benzene rings is 1. The van der Waals surface area contributed by atoms with E-state index >= 15 is 0 Å². The van der Waals surface area contributed by atoms with Crippen molar-refractivity contribution in [2.45, 2.75) is 13.8 Å². The molecule has 0 spiro atoms. The van der Waals surface area contributed by atoms with Crippen LogP contribution in [0.3, 0.4) is 0 Å². The molecule has 0 fully saturated rings. The summed E-state index contributed by atoms with van der Waals surface area (Å²) in [7, 11) is 1.52. The van der Waals surface area contributed by atoms with Gasteiger partial charge < -0.3 is 9.47 Å². The molecule has 1 aliphatic heterocycles. The van der Waals surface area contributed by atoms with Gasteiger partial charge in [-0.2, -0.15) is 0 Å². The number of fused-ring (bicyclic) bond motifs is 1. The summed E-state index contributed by atoms with van der Waals surface area (Å²) in [4.78, 5) is 22.8. The first-order valence-corrected chi connectivity index (χ1v) is 4.51. The van der Waals surface area contributed by atoms with Gasteiger partial charge in [0.25, 0.3) is 0 Å². The van der Waals surface area contributed by atoms with Crippen molar-refractivity contribution in [3.05, 3.63) is 28.3 Å². The highest BCUT2D eigenvalue weighted by Crippen LogP contribution is 2.32. The summed E-state index contributed by atoms with van der Waals surface area (Å²) in [5.41, 5.74) is 2.03. The molecule has 1 heterocycles. The zero-order chi connectivity index (χ0) is 11.2. The number of hydrogen-bond acceptors (Lipinski definition) is 4. The Hall–Kier alpha value is -1.84. The zero-order valence-corrected chi connectivity index (χ0v) is 8.71. The van der Waals surface area contributed by atoms with Gasteiger partial charge in [0.15, 0.2) is 0 Å². The van der Waals surface area contributed by atoms with Crippen molar-refractivity contribution in [3.63, 3.8) is 0 Å². The van der Waals surface area contributed by atoms with Gasteiger partial charge in [0, 0.05) is 5.56 Å². The van der Waals surface area contributed by atoms with Crippen molar-refractivity contribution in [2.24, 2.45) is 0 Å². The van der Waals surface area contributed by atoms with Crippen LogP contribution in [0.4, 0.5) is 0 Å². The molecule has 0 radical (unpaired) electrons. The fourth-order valence-corrected chi connectivity index (χ4v) is 1.80. The molecule has 4 heteroatoms. The minimum Gasteiger partial charge on any atom is -0.496 e. The highest BCUT2D eigenvalue weighted by atomic mass is 16.6. The van der Waals surface area contributed by atoms with E-state index in [0.717, 1.165) is 0 Å². The lowest BCUT2D eigenvalue weighted by molar-refractivity contribution is 0.0443. The first-order chi connectivity index (χ1) is 7.06. The first-order valence-electron chi connectivity index (χ1n) is 4.51. The Kier molecular flexibility index (Phi) is 2.00. The Balaban J connectivity index is 2.80. The van der Waals surface area contributed by atoms with Crippen LogP contribution in [0, 0.1) is 13.8 Å². The van der Waals surface area contributed by atoms with Gasteiger partial charge in [-0.25, -0.2) is 9.59 Å². The molecule has 0 N–H and O–H groups in total. The minimum absolute atomic E-state index is 0.330. The number of carbonyl (C=O) groups is 2. The number of rotatable bonds is 1. The molecule has 2 rings (SSSR count). The van der Waals surface area contributed by atoms with E-state index in [1.54, 1.807) is 19.9 Å². The van der Waals surface area contributed by atoms with Crippen molar-refractivity contribution in [1.29, 1.82) is 0 Å². The van der Waals surface area contributed by atoms with E-state index < -0.39 is 11.9 Å². The molecular weight excluding hydrogens is 196 g/mol. The van der Waals surface area contributed by atoms with Crippen LogP contribution in [0.25, 0.3) is 0 Å². The Morgan fingerprint density at radius 2 is 1.73 bits per heavy atom. The maximum absolute atomic E-state index is 11.4. The van der Waals surface area contributed by atoms with Gasteiger partial charge in [-0.05, 0) is 25.5 Å². The number of cyclic esters (lactones) is 2. The van der Waals surface area contributed by atoms with Crippen LogP contribution in [0.1, 0.15) is 31.8 Å². The SMILES string of the molecule is COc1cc(C)c2c(c1C)C(=O)OC2=O. The van der Waals surface area contributed by atoms with E-state index in [9.17, 15) is 9.59 Å². The number of ether oxygens (including phenoxy) is 2. The Labute approximate surface area is 86.8 Å². The standard InChI is InChI=1S/C11H10O4/c1-5-4-7(14-3)6(2)9-8(5)10(12)15-11(9)13/h4H,1-3H3. The maximum atomic E-state index is 11.4. The summed E-state index contributed by atoms with van der Waals surface area (Å²) in [6, 6.07) is 1.73. The van der Waals surface area contributed by atoms with Crippen LogP contribution in [-0.4, -0.2) is 19.0 Å². The summed E-state index contributed by atoms with van der Waals surface area (Å²) < 4.78 is 9.67. The van der Waals surface area contributed by atoms with Gasteiger partial charge in [0.2, 0.25) is 0 Å². The van der Waals surface area contributed by atoms with Gasteiger partial charge >= 0.3 is 11.9 Å².